The van der Waals surface area contributed by atoms with Crippen LogP contribution in [0.15, 0.2) is 59.3 Å². The molecule has 0 atom stereocenters. The molecule has 4 aromatic rings. The molecule has 2 aromatic heterocycles. The van der Waals surface area contributed by atoms with E-state index in [-0.39, 0.29) is 0 Å². The Hall–Kier alpha value is -2.56. The molecule has 142 valence electrons. The molecule has 1 fully saturated rings. The number of fused-ring (bicyclic) bond motifs is 2. The quantitative estimate of drug-likeness (QED) is 0.450. The minimum absolute atomic E-state index is 0.330. The molecule has 1 saturated carbocycles. The van der Waals surface area contributed by atoms with Gasteiger partial charge in [-0.15, -0.1) is 0 Å². The van der Waals surface area contributed by atoms with E-state index in [4.69, 9.17) is 21.8 Å². The van der Waals surface area contributed by atoms with E-state index in [2.05, 4.69) is 28.5 Å². The Morgan fingerprint density at radius 1 is 1.00 bits per heavy atom. The summed E-state index contributed by atoms with van der Waals surface area (Å²) >= 11 is 6.58. The Labute approximate surface area is 168 Å². The van der Waals surface area contributed by atoms with Crippen molar-refractivity contribution in [1.29, 1.82) is 0 Å². The molecule has 0 radical (unpaired) electrons. The third kappa shape index (κ3) is 3.23. The highest BCUT2D eigenvalue weighted by Gasteiger charge is 2.20. The molecule has 4 nitrogen and oxygen atoms in total. The maximum absolute atomic E-state index is 6.58. The van der Waals surface area contributed by atoms with Gasteiger partial charge in [-0.25, -0.2) is 0 Å². The number of pyridine rings is 1. The Kier molecular flexibility index (Phi) is 4.46. The summed E-state index contributed by atoms with van der Waals surface area (Å²) in [5, 5.41) is 7.50. The van der Waals surface area contributed by atoms with Crippen LogP contribution in [0.2, 0.25) is 5.02 Å². The van der Waals surface area contributed by atoms with E-state index >= 15 is 0 Å². The van der Waals surface area contributed by atoms with E-state index in [9.17, 15) is 0 Å². The molecular weight excluding hydrogens is 370 g/mol. The maximum atomic E-state index is 6.58. The molecule has 28 heavy (non-hydrogen) atoms. The molecule has 0 saturated heterocycles. The van der Waals surface area contributed by atoms with E-state index in [0.29, 0.717) is 17.1 Å². The van der Waals surface area contributed by atoms with Crippen molar-refractivity contribution < 1.29 is 4.42 Å². The summed E-state index contributed by atoms with van der Waals surface area (Å²) in [5.74, 6) is 0.816. The number of furan rings is 1. The lowest BCUT2D eigenvalue weighted by Crippen LogP contribution is -2.32. The standard InChI is InChI=1S/C23H22ClN3O/c24-20-9-15-12-26-13-19(23-10-14-3-1-2-4-22(14)28-23)18(15)11-21(20)27-17-7-5-16(25)6-8-17/h1-4,9-13,16-17,27H,5-8,25H2. The third-order valence-corrected chi connectivity index (χ3v) is 5.98. The number of nitrogens with two attached hydrogens (primary N) is 1. The molecule has 0 aliphatic heterocycles. The molecule has 1 aliphatic carbocycles. The molecule has 2 aromatic carbocycles. The first-order valence-electron chi connectivity index (χ1n) is 9.76. The first-order chi connectivity index (χ1) is 13.7. The third-order valence-electron chi connectivity index (χ3n) is 5.67. The predicted octanol–water partition coefficient (Wildman–Crippen LogP) is 5.98. The van der Waals surface area contributed by atoms with Crippen molar-refractivity contribution >= 4 is 39.0 Å². The fourth-order valence-electron chi connectivity index (χ4n) is 4.10. The first kappa shape index (κ1) is 17.5. The van der Waals surface area contributed by atoms with E-state index in [1.54, 1.807) is 0 Å². The summed E-state index contributed by atoms with van der Waals surface area (Å²) in [5.41, 5.74) is 8.84. The van der Waals surface area contributed by atoms with Crippen molar-refractivity contribution in [2.75, 3.05) is 5.32 Å². The number of halogens is 1. The van der Waals surface area contributed by atoms with Crippen LogP contribution >= 0.6 is 11.6 Å². The van der Waals surface area contributed by atoms with Gasteiger partial charge < -0.3 is 15.5 Å². The summed E-state index contributed by atoms with van der Waals surface area (Å²) in [6.45, 7) is 0. The largest absolute Gasteiger partial charge is 0.456 e. The zero-order valence-electron chi connectivity index (χ0n) is 15.5. The summed E-state index contributed by atoms with van der Waals surface area (Å²) in [7, 11) is 0. The van der Waals surface area contributed by atoms with Gasteiger partial charge in [-0.05, 0) is 55.3 Å². The number of nitrogens with zero attached hydrogens (tertiary/aromatic N) is 1. The number of para-hydroxylation sites is 1. The van der Waals surface area contributed by atoms with Crippen LogP contribution in [-0.4, -0.2) is 17.1 Å². The van der Waals surface area contributed by atoms with E-state index in [0.717, 1.165) is 64.4 Å². The van der Waals surface area contributed by atoms with E-state index in [1.807, 2.05) is 36.7 Å². The first-order valence-corrected chi connectivity index (χ1v) is 10.1. The van der Waals surface area contributed by atoms with Gasteiger partial charge in [-0.2, -0.15) is 0 Å². The SMILES string of the molecule is NC1CCC(Nc2cc3c(-c4cc5ccccc5o4)cncc3cc2Cl)CC1. The number of hydrogen-bond acceptors (Lipinski definition) is 4. The van der Waals surface area contributed by atoms with Crippen molar-refractivity contribution in [2.24, 2.45) is 5.73 Å². The number of rotatable bonds is 3. The maximum Gasteiger partial charge on any atom is 0.137 e. The van der Waals surface area contributed by atoms with Crippen molar-refractivity contribution in [3.05, 3.63) is 59.9 Å². The Morgan fingerprint density at radius 2 is 1.82 bits per heavy atom. The molecule has 5 rings (SSSR count). The topological polar surface area (TPSA) is 64.1 Å². The number of aromatic nitrogens is 1. The Bertz CT molecular complexity index is 1110. The van der Waals surface area contributed by atoms with Crippen LogP contribution in [-0.2, 0) is 0 Å². The van der Waals surface area contributed by atoms with Gasteiger partial charge >= 0.3 is 0 Å². The fraction of sp³-hybridized carbons (Fsp3) is 0.261. The molecule has 1 aliphatic rings. The van der Waals surface area contributed by atoms with Crippen molar-refractivity contribution in [1.82, 2.24) is 4.98 Å². The van der Waals surface area contributed by atoms with Gasteiger partial charge in [0.25, 0.3) is 0 Å². The van der Waals surface area contributed by atoms with Crippen molar-refractivity contribution in [2.45, 2.75) is 37.8 Å². The van der Waals surface area contributed by atoms with Gasteiger partial charge in [-0.1, -0.05) is 29.8 Å². The molecule has 0 amide bonds. The lowest BCUT2D eigenvalue weighted by Gasteiger charge is -2.28. The second kappa shape index (κ2) is 7.12. The molecule has 3 N–H and O–H groups in total. The monoisotopic (exact) mass is 391 g/mol. The zero-order chi connectivity index (χ0) is 19.1. The Balaban J connectivity index is 1.56. The summed E-state index contributed by atoms with van der Waals surface area (Å²) in [6, 6.07) is 14.9. The van der Waals surface area contributed by atoms with Gasteiger partial charge in [0.2, 0.25) is 0 Å². The van der Waals surface area contributed by atoms with Gasteiger partial charge in [0.15, 0.2) is 0 Å². The lowest BCUT2D eigenvalue weighted by atomic mass is 9.91. The van der Waals surface area contributed by atoms with Gasteiger partial charge in [0, 0.05) is 40.8 Å². The van der Waals surface area contributed by atoms with Gasteiger partial charge in [0.1, 0.15) is 11.3 Å². The number of benzene rings is 2. The molecule has 2 heterocycles. The van der Waals surface area contributed by atoms with Crippen molar-refractivity contribution in [3.63, 3.8) is 0 Å². The molecule has 5 heteroatoms. The molecule has 0 unspecified atom stereocenters. The second-order valence-corrected chi connectivity index (χ2v) is 8.05. The van der Waals surface area contributed by atoms with Gasteiger partial charge in [0.05, 0.1) is 10.7 Å². The van der Waals surface area contributed by atoms with Crippen molar-refractivity contribution in [3.8, 4) is 11.3 Å². The predicted molar refractivity (Wildman–Crippen MR) is 116 cm³/mol. The number of anilines is 1. The highest BCUT2D eigenvalue weighted by Crippen LogP contribution is 2.37. The summed E-state index contributed by atoms with van der Waals surface area (Å²) in [6.07, 6.45) is 7.95. The van der Waals surface area contributed by atoms with E-state index < -0.39 is 0 Å². The highest BCUT2D eigenvalue weighted by molar-refractivity contribution is 6.34. The smallest absolute Gasteiger partial charge is 0.137 e. The van der Waals surface area contributed by atoms with Crippen LogP contribution in [0.5, 0.6) is 0 Å². The van der Waals surface area contributed by atoms with Crippen LogP contribution in [0.1, 0.15) is 25.7 Å². The number of hydrogen-bond donors (Lipinski definition) is 2. The van der Waals surface area contributed by atoms with Gasteiger partial charge in [-0.3, -0.25) is 4.98 Å². The highest BCUT2D eigenvalue weighted by atomic mass is 35.5. The second-order valence-electron chi connectivity index (χ2n) is 7.64. The van der Waals surface area contributed by atoms with Crippen LogP contribution in [0.25, 0.3) is 33.1 Å². The summed E-state index contributed by atoms with van der Waals surface area (Å²) in [4.78, 5) is 4.40. The van der Waals surface area contributed by atoms with Crippen LogP contribution in [0.3, 0.4) is 0 Å². The lowest BCUT2D eigenvalue weighted by molar-refractivity contribution is 0.411. The minimum atomic E-state index is 0.330. The zero-order valence-corrected chi connectivity index (χ0v) is 16.2. The normalized spacial score (nSPS) is 19.9. The average Bonchev–Trinajstić information content (AvgIpc) is 3.14. The number of nitrogens with one attached hydrogen (secondary N) is 1. The molecule has 0 bridgehead atoms. The average molecular weight is 392 g/mol. The van der Waals surface area contributed by atoms with E-state index in [1.165, 1.54) is 0 Å². The molecule has 0 spiro atoms. The Morgan fingerprint density at radius 3 is 2.64 bits per heavy atom. The minimum Gasteiger partial charge on any atom is -0.456 e. The fourth-order valence-corrected chi connectivity index (χ4v) is 4.32. The van der Waals surface area contributed by atoms with Crippen LogP contribution < -0.4 is 11.1 Å². The molecular formula is C23H22ClN3O. The van der Waals surface area contributed by atoms with Crippen LogP contribution in [0.4, 0.5) is 5.69 Å². The summed E-state index contributed by atoms with van der Waals surface area (Å²) < 4.78 is 6.09. The van der Waals surface area contributed by atoms with Crippen LogP contribution in [0, 0.1) is 0 Å².